The van der Waals surface area contributed by atoms with Crippen molar-refractivity contribution in [2.45, 2.75) is 57.9 Å². The molecule has 0 aromatic carbocycles. The van der Waals surface area contributed by atoms with E-state index in [-0.39, 0.29) is 30.4 Å². The Morgan fingerprint density at radius 1 is 1.26 bits per heavy atom. The van der Waals surface area contributed by atoms with Crippen LogP contribution in [0.4, 0.5) is 0 Å². The topological polar surface area (TPSA) is 78.4 Å². The lowest BCUT2D eigenvalue weighted by Crippen LogP contribution is -2.41. The molecule has 110 valence electrons. The summed E-state index contributed by atoms with van der Waals surface area (Å²) < 4.78 is 0. The highest BCUT2D eigenvalue weighted by molar-refractivity contribution is 5.81. The van der Waals surface area contributed by atoms with Gasteiger partial charge in [-0.2, -0.15) is 0 Å². The average Bonchev–Trinajstić information content (AvgIpc) is 2.39. The third-order valence-corrected chi connectivity index (χ3v) is 3.51. The normalized spacial score (nSPS) is 17.8. The van der Waals surface area contributed by atoms with Gasteiger partial charge in [-0.25, -0.2) is 0 Å². The van der Waals surface area contributed by atoms with Crippen LogP contribution in [0.3, 0.4) is 0 Å². The number of aliphatic hydroxyl groups excluding tert-OH is 1. The lowest BCUT2D eigenvalue weighted by molar-refractivity contribution is -0.127. The number of aliphatic hydroxyl groups is 1. The maximum Gasteiger partial charge on any atom is 0.223 e. The Kier molecular flexibility index (Phi) is 7.48. The van der Waals surface area contributed by atoms with Gasteiger partial charge >= 0.3 is 0 Å². The first-order valence-corrected chi connectivity index (χ1v) is 7.31. The molecule has 0 heterocycles. The molecule has 1 atom stereocenters. The fraction of sp³-hybridized carbons (Fsp3) is 0.857. The minimum absolute atomic E-state index is 0.0776. The quantitative estimate of drug-likeness (QED) is 0.603. The Labute approximate surface area is 115 Å². The van der Waals surface area contributed by atoms with Gasteiger partial charge in [0.05, 0.1) is 0 Å². The third-order valence-electron chi connectivity index (χ3n) is 3.51. The number of amides is 2. The molecule has 1 unspecified atom stereocenters. The average molecular weight is 270 g/mol. The fourth-order valence-electron chi connectivity index (χ4n) is 2.43. The van der Waals surface area contributed by atoms with Crippen LogP contribution in [0.5, 0.6) is 0 Å². The predicted molar refractivity (Wildman–Crippen MR) is 73.5 cm³/mol. The maximum atomic E-state index is 12.0. The summed E-state index contributed by atoms with van der Waals surface area (Å²) in [6.45, 7) is 2.42. The Bertz CT molecular complexity index is 288. The molecule has 0 radical (unpaired) electrons. The minimum Gasteiger partial charge on any atom is -0.396 e. The third kappa shape index (κ3) is 6.57. The predicted octanol–water partition coefficient (Wildman–Crippen LogP) is 0.960. The summed E-state index contributed by atoms with van der Waals surface area (Å²) in [6.07, 6.45) is 6.30. The monoisotopic (exact) mass is 270 g/mol. The van der Waals surface area contributed by atoms with E-state index in [1.165, 1.54) is 6.42 Å². The Balaban J connectivity index is 2.20. The zero-order chi connectivity index (χ0) is 14.1. The summed E-state index contributed by atoms with van der Waals surface area (Å²) in [7, 11) is 0. The van der Waals surface area contributed by atoms with E-state index >= 15 is 0 Å². The summed E-state index contributed by atoms with van der Waals surface area (Å²) in [5.41, 5.74) is 0. The van der Waals surface area contributed by atoms with Gasteiger partial charge in [0, 0.05) is 31.5 Å². The number of hydrogen-bond donors (Lipinski definition) is 3. The molecule has 19 heavy (non-hydrogen) atoms. The molecule has 0 saturated heterocycles. The second-order valence-corrected chi connectivity index (χ2v) is 5.38. The first kappa shape index (κ1) is 16.0. The van der Waals surface area contributed by atoms with Crippen LogP contribution in [0.15, 0.2) is 0 Å². The molecule has 0 aliphatic heterocycles. The van der Waals surface area contributed by atoms with Crippen molar-refractivity contribution in [2.75, 3.05) is 13.2 Å². The van der Waals surface area contributed by atoms with E-state index in [4.69, 9.17) is 5.11 Å². The highest BCUT2D eigenvalue weighted by Gasteiger charge is 2.22. The summed E-state index contributed by atoms with van der Waals surface area (Å²) >= 11 is 0. The van der Waals surface area contributed by atoms with Crippen LogP contribution in [0.25, 0.3) is 0 Å². The van der Waals surface area contributed by atoms with Gasteiger partial charge in [0.15, 0.2) is 0 Å². The van der Waals surface area contributed by atoms with Gasteiger partial charge < -0.3 is 15.7 Å². The van der Waals surface area contributed by atoms with Gasteiger partial charge in [-0.1, -0.05) is 19.3 Å². The molecule has 2 amide bonds. The number of carbonyl (C=O) groups excluding carboxylic acids is 2. The number of rotatable bonds is 7. The van der Waals surface area contributed by atoms with Crippen molar-refractivity contribution in [1.29, 1.82) is 0 Å². The summed E-state index contributed by atoms with van der Waals surface area (Å²) in [5.74, 6) is 0.147. The highest BCUT2D eigenvalue weighted by atomic mass is 16.3. The number of carbonyl (C=O) groups is 2. The van der Waals surface area contributed by atoms with Crippen LogP contribution in [0, 0.1) is 5.92 Å². The number of hydrogen-bond acceptors (Lipinski definition) is 3. The molecule has 0 spiro atoms. The van der Waals surface area contributed by atoms with E-state index in [2.05, 4.69) is 10.6 Å². The van der Waals surface area contributed by atoms with Crippen molar-refractivity contribution in [3.05, 3.63) is 0 Å². The molecule has 1 aliphatic carbocycles. The van der Waals surface area contributed by atoms with Gasteiger partial charge in [-0.05, 0) is 26.2 Å². The van der Waals surface area contributed by atoms with E-state index in [1.54, 1.807) is 0 Å². The van der Waals surface area contributed by atoms with E-state index < -0.39 is 0 Å². The number of nitrogens with one attached hydrogen (secondary N) is 2. The molecule has 1 aliphatic rings. The Morgan fingerprint density at radius 3 is 2.58 bits per heavy atom. The van der Waals surface area contributed by atoms with E-state index in [0.29, 0.717) is 19.4 Å². The van der Waals surface area contributed by atoms with Crippen molar-refractivity contribution < 1.29 is 14.7 Å². The standard InChI is InChI=1S/C14H26N2O3/c1-11(10-13(18)15-8-5-9-17)16-14(19)12-6-3-2-4-7-12/h11-12,17H,2-10H2,1H3,(H,15,18)(H,16,19). The van der Waals surface area contributed by atoms with E-state index in [0.717, 1.165) is 25.7 Å². The van der Waals surface area contributed by atoms with Crippen molar-refractivity contribution in [3.63, 3.8) is 0 Å². The fourth-order valence-corrected chi connectivity index (χ4v) is 2.43. The Morgan fingerprint density at radius 2 is 1.95 bits per heavy atom. The molecular weight excluding hydrogens is 244 g/mol. The summed E-state index contributed by atoms with van der Waals surface area (Å²) in [6, 6.07) is -0.136. The second-order valence-electron chi connectivity index (χ2n) is 5.38. The van der Waals surface area contributed by atoms with Crippen LogP contribution in [-0.2, 0) is 9.59 Å². The summed E-state index contributed by atoms with van der Waals surface area (Å²) in [5, 5.41) is 14.3. The smallest absolute Gasteiger partial charge is 0.223 e. The molecule has 0 aromatic heterocycles. The molecule has 5 heteroatoms. The SMILES string of the molecule is CC(CC(=O)NCCCO)NC(=O)C1CCCCC1. The van der Waals surface area contributed by atoms with E-state index in [1.807, 2.05) is 6.92 Å². The van der Waals surface area contributed by atoms with Crippen molar-refractivity contribution >= 4 is 11.8 Å². The molecule has 1 saturated carbocycles. The van der Waals surface area contributed by atoms with Gasteiger partial charge in [0.25, 0.3) is 0 Å². The lowest BCUT2D eigenvalue weighted by atomic mass is 9.88. The zero-order valence-corrected chi connectivity index (χ0v) is 11.8. The van der Waals surface area contributed by atoms with Gasteiger partial charge in [-0.3, -0.25) is 9.59 Å². The van der Waals surface area contributed by atoms with Gasteiger partial charge in [-0.15, -0.1) is 0 Å². The highest BCUT2D eigenvalue weighted by Crippen LogP contribution is 2.23. The van der Waals surface area contributed by atoms with Gasteiger partial charge in [0.2, 0.25) is 11.8 Å². The first-order chi connectivity index (χ1) is 9.13. The first-order valence-electron chi connectivity index (χ1n) is 7.31. The molecule has 3 N–H and O–H groups in total. The van der Waals surface area contributed by atoms with Crippen LogP contribution in [0.2, 0.25) is 0 Å². The maximum absolute atomic E-state index is 12.0. The summed E-state index contributed by atoms with van der Waals surface area (Å²) in [4.78, 5) is 23.5. The molecule has 1 rings (SSSR count). The Hall–Kier alpha value is -1.10. The molecule has 0 aromatic rings. The second kappa shape index (κ2) is 8.91. The van der Waals surface area contributed by atoms with Gasteiger partial charge in [0.1, 0.15) is 0 Å². The molecule has 1 fully saturated rings. The van der Waals surface area contributed by atoms with Crippen molar-refractivity contribution in [1.82, 2.24) is 10.6 Å². The van der Waals surface area contributed by atoms with E-state index in [9.17, 15) is 9.59 Å². The zero-order valence-electron chi connectivity index (χ0n) is 11.8. The minimum atomic E-state index is -0.136. The van der Waals surface area contributed by atoms with Crippen LogP contribution in [-0.4, -0.2) is 36.1 Å². The molecule has 5 nitrogen and oxygen atoms in total. The van der Waals surface area contributed by atoms with Crippen LogP contribution in [0.1, 0.15) is 51.9 Å². The molecular formula is C14H26N2O3. The van der Waals surface area contributed by atoms with Crippen LogP contribution >= 0.6 is 0 Å². The largest absolute Gasteiger partial charge is 0.396 e. The van der Waals surface area contributed by atoms with Crippen LogP contribution < -0.4 is 10.6 Å². The van der Waals surface area contributed by atoms with Crippen molar-refractivity contribution in [2.24, 2.45) is 5.92 Å². The van der Waals surface area contributed by atoms with Crippen molar-refractivity contribution in [3.8, 4) is 0 Å². The molecule has 0 bridgehead atoms. The lowest BCUT2D eigenvalue weighted by Gasteiger charge is -2.23.